The molecule has 0 aliphatic carbocycles. The molecule has 2 nitrogen and oxygen atoms in total. The second-order valence-electron chi connectivity index (χ2n) is 1.74. The molecule has 1 N–H and O–H groups in total. The normalized spacial score (nSPS) is 6.86. The number of hydrogen-bond acceptors (Lipinski definition) is 2. The summed E-state index contributed by atoms with van der Waals surface area (Å²) < 4.78 is 4.83. The third-order valence-electron chi connectivity index (χ3n) is 0.910. The molecule has 0 aromatic rings. The van der Waals surface area contributed by atoms with Gasteiger partial charge in [-0.15, -0.1) is 0 Å². The van der Waals surface area contributed by atoms with Gasteiger partial charge in [-0.1, -0.05) is 48.5 Å². The molecule has 0 heterocycles. The zero-order valence-electron chi connectivity index (χ0n) is 11.7. The van der Waals surface area contributed by atoms with Crippen molar-refractivity contribution in [3.8, 4) is 0 Å². The third-order valence-corrected chi connectivity index (χ3v) is 0.910. The number of methoxy groups -OCH3 is 1. The lowest BCUT2D eigenvalue weighted by Gasteiger charge is -1.98. The molecule has 2 heteroatoms. The second-order valence-corrected chi connectivity index (χ2v) is 1.74. The quantitative estimate of drug-likeness (QED) is 0.694. The van der Waals surface area contributed by atoms with Gasteiger partial charge in [-0.05, 0) is 13.0 Å². The topological polar surface area (TPSA) is 21.3 Å². The molecule has 0 fully saturated rings. The van der Waals surface area contributed by atoms with E-state index in [1.165, 1.54) is 6.42 Å². The summed E-state index contributed by atoms with van der Waals surface area (Å²) in [4.78, 5) is 0. The fourth-order valence-electron chi connectivity index (χ4n) is 0.476. The van der Waals surface area contributed by atoms with Crippen LogP contribution in [0.25, 0.3) is 0 Å². The predicted octanol–water partition coefficient (Wildman–Crippen LogP) is 3.71. The lowest BCUT2D eigenvalue weighted by atomic mass is 10.5. The van der Waals surface area contributed by atoms with Crippen molar-refractivity contribution in [1.29, 1.82) is 0 Å². The molecule has 0 aromatic carbocycles. The van der Waals surface area contributed by atoms with E-state index >= 15 is 0 Å². The van der Waals surface area contributed by atoms with Crippen molar-refractivity contribution < 1.29 is 4.74 Å². The summed E-state index contributed by atoms with van der Waals surface area (Å²) in [5.41, 5.74) is 0. The van der Waals surface area contributed by atoms with Crippen LogP contribution in [-0.2, 0) is 4.74 Å². The molecule has 0 aliphatic heterocycles. The summed E-state index contributed by atoms with van der Waals surface area (Å²) in [5, 5.41) is 3.21. The van der Waals surface area contributed by atoms with Crippen molar-refractivity contribution in [2.75, 3.05) is 26.8 Å². The van der Waals surface area contributed by atoms with Crippen molar-refractivity contribution in [2.45, 2.75) is 54.9 Å². The monoisotopic (exact) mass is 207 g/mol. The lowest BCUT2D eigenvalue weighted by molar-refractivity contribution is 0.199. The summed E-state index contributed by atoms with van der Waals surface area (Å²) in [6.07, 6.45) is 1.20. The van der Waals surface area contributed by atoms with Gasteiger partial charge in [0.15, 0.2) is 0 Å². The smallest absolute Gasteiger partial charge is 0.0587 e. The number of nitrogens with one attached hydrogen (secondary N) is 1. The maximum Gasteiger partial charge on any atom is 0.0587 e. The molecular weight excluding hydrogens is 174 g/mol. The molecule has 14 heavy (non-hydrogen) atoms. The largest absolute Gasteiger partial charge is 0.383 e. The SMILES string of the molecule is CC.CC.CC.CCCNCCOC. The van der Waals surface area contributed by atoms with Gasteiger partial charge in [0.2, 0.25) is 0 Å². The van der Waals surface area contributed by atoms with Gasteiger partial charge < -0.3 is 10.1 Å². The van der Waals surface area contributed by atoms with E-state index in [1.807, 2.05) is 41.5 Å². The van der Waals surface area contributed by atoms with Crippen LogP contribution in [0.15, 0.2) is 0 Å². The molecule has 92 valence electrons. The molecule has 0 rings (SSSR count). The molecule has 0 amide bonds. The minimum absolute atomic E-state index is 0.819. The maximum absolute atomic E-state index is 4.83. The van der Waals surface area contributed by atoms with Gasteiger partial charge in [-0.25, -0.2) is 0 Å². The molecule has 0 atom stereocenters. The van der Waals surface area contributed by atoms with Gasteiger partial charge >= 0.3 is 0 Å². The van der Waals surface area contributed by atoms with Crippen molar-refractivity contribution in [3.63, 3.8) is 0 Å². The first kappa shape index (κ1) is 23.6. The van der Waals surface area contributed by atoms with Crippen LogP contribution in [0.1, 0.15) is 54.9 Å². The molecule has 0 aliphatic rings. The van der Waals surface area contributed by atoms with Crippen LogP contribution in [0.2, 0.25) is 0 Å². The molecule has 0 bridgehead atoms. The first-order chi connectivity index (χ1) is 6.91. The first-order valence-corrected chi connectivity index (χ1v) is 6.11. The highest BCUT2D eigenvalue weighted by Gasteiger charge is 1.80. The standard InChI is InChI=1S/C6H15NO.3C2H6/c1-3-4-7-5-6-8-2;3*1-2/h7H,3-6H2,1-2H3;3*1-2H3. The van der Waals surface area contributed by atoms with Crippen LogP contribution in [0.3, 0.4) is 0 Å². The average Bonchev–Trinajstić information content (AvgIpc) is 2.33. The van der Waals surface area contributed by atoms with E-state index in [9.17, 15) is 0 Å². The van der Waals surface area contributed by atoms with Crippen molar-refractivity contribution in [2.24, 2.45) is 0 Å². The highest BCUT2D eigenvalue weighted by molar-refractivity contribution is 4.41. The average molecular weight is 207 g/mol. The summed E-state index contributed by atoms with van der Waals surface area (Å²) in [6, 6.07) is 0. The van der Waals surface area contributed by atoms with Gasteiger partial charge in [0.25, 0.3) is 0 Å². The van der Waals surface area contributed by atoms with E-state index in [0.29, 0.717) is 0 Å². The van der Waals surface area contributed by atoms with Crippen LogP contribution in [-0.4, -0.2) is 26.8 Å². The lowest BCUT2D eigenvalue weighted by Crippen LogP contribution is -2.19. The Balaban J connectivity index is -0.0000000708. The number of ether oxygens (including phenoxy) is 1. The van der Waals surface area contributed by atoms with Crippen LogP contribution in [0, 0.1) is 0 Å². The van der Waals surface area contributed by atoms with Crippen LogP contribution < -0.4 is 5.32 Å². The van der Waals surface area contributed by atoms with Crippen molar-refractivity contribution in [1.82, 2.24) is 5.32 Å². The number of rotatable bonds is 5. The van der Waals surface area contributed by atoms with E-state index in [2.05, 4.69) is 12.2 Å². The van der Waals surface area contributed by atoms with Gasteiger partial charge in [0, 0.05) is 13.7 Å². The van der Waals surface area contributed by atoms with Gasteiger partial charge in [-0.2, -0.15) is 0 Å². The minimum Gasteiger partial charge on any atom is -0.383 e. The van der Waals surface area contributed by atoms with Gasteiger partial charge in [0.1, 0.15) is 0 Å². The highest BCUT2D eigenvalue weighted by atomic mass is 16.5. The zero-order valence-corrected chi connectivity index (χ0v) is 11.7. The third kappa shape index (κ3) is 58.7. The van der Waals surface area contributed by atoms with E-state index < -0.39 is 0 Å². The van der Waals surface area contributed by atoms with Crippen molar-refractivity contribution >= 4 is 0 Å². The Morgan fingerprint density at radius 1 is 0.857 bits per heavy atom. The van der Waals surface area contributed by atoms with E-state index in [-0.39, 0.29) is 0 Å². The van der Waals surface area contributed by atoms with Gasteiger partial charge in [-0.3, -0.25) is 0 Å². The molecule has 0 radical (unpaired) electrons. The molecule has 0 aromatic heterocycles. The Morgan fingerprint density at radius 3 is 1.57 bits per heavy atom. The first-order valence-electron chi connectivity index (χ1n) is 6.11. The fraction of sp³-hybridized carbons (Fsp3) is 1.00. The van der Waals surface area contributed by atoms with Crippen LogP contribution in [0.4, 0.5) is 0 Å². The molecule has 0 spiro atoms. The van der Waals surface area contributed by atoms with Crippen molar-refractivity contribution in [3.05, 3.63) is 0 Å². The molecule has 0 unspecified atom stereocenters. The Hall–Kier alpha value is -0.0800. The fourth-order valence-corrected chi connectivity index (χ4v) is 0.476. The molecule has 0 saturated carbocycles. The van der Waals surface area contributed by atoms with E-state index in [0.717, 1.165) is 19.7 Å². The van der Waals surface area contributed by atoms with E-state index in [4.69, 9.17) is 4.74 Å². The summed E-state index contributed by atoms with van der Waals surface area (Å²) in [6.45, 7) is 17.0. The Bertz CT molecular complexity index is 35.3. The zero-order chi connectivity index (χ0) is 12.2. The summed E-state index contributed by atoms with van der Waals surface area (Å²) in [7, 11) is 1.72. The molecule has 0 saturated heterocycles. The van der Waals surface area contributed by atoms with Gasteiger partial charge in [0.05, 0.1) is 6.61 Å². The maximum atomic E-state index is 4.83. The summed E-state index contributed by atoms with van der Waals surface area (Å²) >= 11 is 0. The van der Waals surface area contributed by atoms with Crippen LogP contribution >= 0.6 is 0 Å². The number of hydrogen-bond donors (Lipinski definition) is 1. The Labute approximate surface area is 92.4 Å². The van der Waals surface area contributed by atoms with Crippen LogP contribution in [0.5, 0.6) is 0 Å². The Morgan fingerprint density at radius 2 is 1.29 bits per heavy atom. The highest BCUT2D eigenvalue weighted by Crippen LogP contribution is 1.68. The summed E-state index contributed by atoms with van der Waals surface area (Å²) in [5.74, 6) is 0. The second kappa shape index (κ2) is 52.4. The molecular formula is C12H33NO. The van der Waals surface area contributed by atoms with E-state index in [1.54, 1.807) is 7.11 Å². The Kier molecular flexibility index (Phi) is 88.3. The predicted molar refractivity (Wildman–Crippen MR) is 69.1 cm³/mol. The minimum atomic E-state index is 0.819.